The van der Waals surface area contributed by atoms with E-state index in [1.807, 2.05) is 49.4 Å². The fourth-order valence-electron chi connectivity index (χ4n) is 2.72. The van der Waals surface area contributed by atoms with Gasteiger partial charge in [0.1, 0.15) is 5.70 Å². The molecule has 0 aliphatic carbocycles. The van der Waals surface area contributed by atoms with Crippen molar-refractivity contribution in [3.8, 4) is 6.07 Å². The monoisotopic (exact) mass is 427 g/mol. The standard InChI is InChI=1S/C25H21N3O2S/c1-18-7-9-19(10-8-18)17-23(28-24(29)20-5-3-2-4-6-20)25(30)27-21-11-13-22(14-12-21)31-16-15-26/h2-14,17H,16H2,1H3,(H,27,30)(H,28,29)/b23-17-. The largest absolute Gasteiger partial charge is 0.321 e. The van der Waals surface area contributed by atoms with Crippen molar-refractivity contribution < 1.29 is 9.59 Å². The first-order valence-corrected chi connectivity index (χ1v) is 10.6. The summed E-state index contributed by atoms with van der Waals surface area (Å²) in [5.41, 5.74) is 3.10. The first-order chi connectivity index (χ1) is 15.0. The molecule has 0 unspecified atom stereocenters. The fraction of sp³-hybridized carbons (Fsp3) is 0.0800. The highest BCUT2D eigenvalue weighted by Crippen LogP contribution is 2.20. The maximum atomic E-state index is 13.0. The van der Waals surface area contributed by atoms with E-state index in [1.165, 1.54) is 11.8 Å². The van der Waals surface area contributed by atoms with Crippen LogP contribution in [0.25, 0.3) is 6.08 Å². The SMILES string of the molecule is Cc1ccc(/C=C(\NC(=O)c2ccccc2)C(=O)Nc2ccc(SCC#N)cc2)cc1. The Morgan fingerprint density at radius 3 is 2.29 bits per heavy atom. The predicted molar refractivity (Wildman–Crippen MR) is 124 cm³/mol. The van der Waals surface area contributed by atoms with Crippen LogP contribution in [0, 0.1) is 18.3 Å². The topological polar surface area (TPSA) is 82.0 Å². The number of amides is 2. The van der Waals surface area contributed by atoms with Crippen LogP contribution in [0.2, 0.25) is 0 Å². The second-order valence-electron chi connectivity index (χ2n) is 6.71. The van der Waals surface area contributed by atoms with Crippen molar-refractivity contribution in [3.05, 3.63) is 101 Å². The fourth-order valence-corrected chi connectivity index (χ4v) is 3.28. The number of benzene rings is 3. The number of nitriles is 1. The van der Waals surface area contributed by atoms with Crippen LogP contribution in [0.15, 0.2) is 89.5 Å². The molecule has 0 aromatic heterocycles. The van der Waals surface area contributed by atoms with E-state index >= 15 is 0 Å². The Labute approximate surface area is 185 Å². The van der Waals surface area contributed by atoms with Crippen LogP contribution in [0.4, 0.5) is 5.69 Å². The van der Waals surface area contributed by atoms with Gasteiger partial charge in [0.15, 0.2) is 0 Å². The first-order valence-electron chi connectivity index (χ1n) is 9.61. The molecule has 0 fully saturated rings. The van der Waals surface area contributed by atoms with Gasteiger partial charge in [-0.1, -0.05) is 48.0 Å². The maximum absolute atomic E-state index is 13.0. The van der Waals surface area contributed by atoms with E-state index in [0.29, 0.717) is 17.0 Å². The minimum Gasteiger partial charge on any atom is -0.321 e. The smallest absolute Gasteiger partial charge is 0.272 e. The van der Waals surface area contributed by atoms with E-state index in [-0.39, 0.29) is 11.6 Å². The molecule has 0 radical (unpaired) electrons. The van der Waals surface area contributed by atoms with Crippen LogP contribution >= 0.6 is 11.8 Å². The molecule has 31 heavy (non-hydrogen) atoms. The average Bonchev–Trinajstić information content (AvgIpc) is 2.80. The second kappa shape index (κ2) is 10.8. The molecule has 0 bridgehead atoms. The summed E-state index contributed by atoms with van der Waals surface area (Å²) in [6.07, 6.45) is 1.65. The van der Waals surface area contributed by atoms with Crippen molar-refractivity contribution in [2.24, 2.45) is 0 Å². The van der Waals surface area contributed by atoms with Gasteiger partial charge in [-0.25, -0.2) is 0 Å². The summed E-state index contributed by atoms with van der Waals surface area (Å²) in [5, 5.41) is 14.2. The number of rotatable bonds is 7. The zero-order chi connectivity index (χ0) is 22.1. The summed E-state index contributed by atoms with van der Waals surface area (Å²) in [6, 6.07) is 25.7. The summed E-state index contributed by atoms with van der Waals surface area (Å²) < 4.78 is 0. The van der Waals surface area contributed by atoms with E-state index in [0.717, 1.165) is 16.0 Å². The zero-order valence-electron chi connectivity index (χ0n) is 17.0. The molecular formula is C25H21N3O2S. The molecule has 3 aromatic rings. The highest BCUT2D eigenvalue weighted by molar-refractivity contribution is 7.99. The number of hydrogen-bond donors (Lipinski definition) is 2. The number of carbonyl (C=O) groups is 2. The lowest BCUT2D eigenvalue weighted by atomic mass is 10.1. The van der Waals surface area contributed by atoms with Gasteiger partial charge in [-0.15, -0.1) is 11.8 Å². The lowest BCUT2D eigenvalue weighted by molar-refractivity contribution is -0.113. The summed E-state index contributed by atoms with van der Waals surface area (Å²) in [7, 11) is 0. The minimum atomic E-state index is -0.428. The highest BCUT2D eigenvalue weighted by atomic mass is 32.2. The quantitative estimate of drug-likeness (QED) is 0.410. The van der Waals surface area contributed by atoms with Crippen LogP contribution in [0.1, 0.15) is 21.5 Å². The molecule has 2 N–H and O–H groups in total. The Morgan fingerprint density at radius 2 is 1.65 bits per heavy atom. The Kier molecular flexibility index (Phi) is 7.63. The van der Waals surface area contributed by atoms with Gasteiger partial charge in [0, 0.05) is 16.1 Å². The number of thioether (sulfide) groups is 1. The first kappa shape index (κ1) is 21.9. The molecule has 0 aliphatic heterocycles. The van der Waals surface area contributed by atoms with Gasteiger partial charge in [0.05, 0.1) is 11.8 Å². The summed E-state index contributed by atoms with van der Waals surface area (Å²) in [5.74, 6) is -0.430. The van der Waals surface area contributed by atoms with E-state index in [1.54, 1.807) is 42.5 Å². The molecule has 0 atom stereocenters. The van der Waals surface area contributed by atoms with Gasteiger partial charge in [-0.05, 0) is 55.0 Å². The third-order valence-corrected chi connectivity index (χ3v) is 5.21. The number of hydrogen-bond acceptors (Lipinski definition) is 4. The van der Waals surface area contributed by atoms with E-state index in [2.05, 4.69) is 16.7 Å². The molecule has 2 amide bonds. The molecule has 0 saturated heterocycles. The maximum Gasteiger partial charge on any atom is 0.272 e. The van der Waals surface area contributed by atoms with Crippen LogP contribution in [-0.2, 0) is 4.79 Å². The van der Waals surface area contributed by atoms with Crippen molar-refractivity contribution in [3.63, 3.8) is 0 Å². The van der Waals surface area contributed by atoms with Crippen LogP contribution in [0.5, 0.6) is 0 Å². The molecular weight excluding hydrogens is 406 g/mol. The van der Waals surface area contributed by atoms with Gasteiger partial charge in [0.2, 0.25) is 0 Å². The zero-order valence-corrected chi connectivity index (χ0v) is 17.8. The van der Waals surface area contributed by atoms with Gasteiger partial charge < -0.3 is 10.6 Å². The number of carbonyl (C=O) groups excluding carboxylic acids is 2. The Hall–Kier alpha value is -3.82. The lowest BCUT2D eigenvalue weighted by Gasteiger charge is -2.12. The molecule has 3 rings (SSSR count). The van der Waals surface area contributed by atoms with E-state index in [9.17, 15) is 9.59 Å². The van der Waals surface area contributed by atoms with Crippen molar-refractivity contribution in [2.45, 2.75) is 11.8 Å². The number of aryl methyl sites for hydroxylation is 1. The van der Waals surface area contributed by atoms with E-state index in [4.69, 9.17) is 5.26 Å². The van der Waals surface area contributed by atoms with Gasteiger partial charge in [-0.3, -0.25) is 9.59 Å². The second-order valence-corrected chi connectivity index (χ2v) is 7.76. The predicted octanol–water partition coefficient (Wildman–Crippen LogP) is 5.02. The van der Waals surface area contributed by atoms with Gasteiger partial charge in [-0.2, -0.15) is 5.26 Å². The Morgan fingerprint density at radius 1 is 0.968 bits per heavy atom. The number of anilines is 1. The lowest BCUT2D eigenvalue weighted by Crippen LogP contribution is -2.30. The Bertz CT molecular complexity index is 1120. The molecule has 0 heterocycles. The Balaban J connectivity index is 1.81. The van der Waals surface area contributed by atoms with Gasteiger partial charge >= 0.3 is 0 Å². The van der Waals surface area contributed by atoms with Crippen molar-refractivity contribution in [1.82, 2.24) is 5.32 Å². The summed E-state index contributed by atoms with van der Waals surface area (Å²) in [6.45, 7) is 1.98. The molecule has 0 spiro atoms. The van der Waals surface area contributed by atoms with Crippen molar-refractivity contribution in [2.75, 3.05) is 11.1 Å². The summed E-state index contributed by atoms with van der Waals surface area (Å²) >= 11 is 1.42. The molecule has 6 heteroatoms. The van der Waals surface area contributed by atoms with Crippen LogP contribution in [0.3, 0.4) is 0 Å². The molecule has 154 valence electrons. The minimum absolute atomic E-state index is 0.139. The third kappa shape index (κ3) is 6.59. The van der Waals surface area contributed by atoms with E-state index < -0.39 is 5.91 Å². The molecule has 0 aliphatic rings. The van der Waals surface area contributed by atoms with Crippen molar-refractivity contribution in [1.29, 1.82) is 5.26 Å². The van der Waals surface area contributed by atoms with Crippen LogP contribution < -0.4 is 10.6 Å². The highest BCUT2D eigenvalue weighted by Gasteiger charge is 2.15. The number of nitrogens with one attached hydrogen (secondary N) is 2. The van der Waals surface area contributed by atoms with Crippen LogP contribution in [-0.4, -0.2) is 17.6 Å². The van der Waals surface area contributed by atoms with Gasteiger partial charge in [0.25, 0.3) is 11.8 Å². The molecule has 5 nitrogen and oxygen atoms in total. The summed E-state index contributed by atoms with van der Waals surface area (Å²) in [4.78, 5) is 26.5. The third-order valence-electron chi connectivity index (χ3n) is 4.33. The average molecular weight is 428 g/mol. The molecule has 3 aromatic carbocycles. The molecule has 0 saturated carbocycles. The van der Waals surface area contributed by atoms with Crippen molar-refractivity contribution >= 4 is 35.3 Å². The normalized spacial score (nSPS) is 10.8. The number of nitrogens with zero attached hydrogens (tertiary/aromatic N) is 1.